The second kappa shape index (κ2) is 5.40. The lowest BCUT2D eigenvalue weighted by molar-refractivity contribution is -0.133. The molecular formula is C20H30N2O2. The zero-order chi connectivity index (χ0) is 17.1. The van der Waals surface area contributed by atoms with E-state index in [0.29, 0.717) is 29.5 Å². The molecule has 4 saturated carbocycles. The molecule has 0 amide bonds. The Labute approximate surface area is 144 Å². The second-order valence-electron chi connectivity index (χ2n) is 9.13. The molecule has 1 N–H and O–H groups in total. The lowest BCUT2D eigenvalue weighted by Gasteiger charge is -2.59. The number of fused-ring (bicyclic) bond motifs is 5. The van der Waals surface area contributed by atoms with E-state index in [4.69, 9.17) is 10.2 Å². The summed E-state index contributed by atoms with van der Waals surface area (Å²) in [6, 6.07) is 0. The van der Waals surface area contributed by atoms with Crippen molar-refractivity contribution < 1.29 is 9.63 Å². The highest BCUT2D eigenvalue weighted by Gasteiger charge is 2.61. The predicted molar refractivity (Wildman–Crippen MR) is 94.3 cm³/mol. The van der Waals surface area contributed by atoms with Gasteiger partial charge >= 0.3 is 0 Å². The lowest BCUT2D eigenvalue weighted by Crippen LogP contribution is -2.56. The van der Waals surface area contributed by atoms with E-state index in [1.165, 1.54) is 6.42 Å². The van der Waals surface area contributed by atoms with E-state index < -0.39 is 0 Å². The van der Waals surface area contributed by atoms with Crippen LogP contribution >= 0.6 is 0 Å². The van der Waals surface area contributed by atoms with Gasteiger partial charge in [-0.2, -0.15) is 0 Å². The first kappa shape index (κ1) is 16.3. The van der Waals surface area contributed by atoms with Crippen LogP contribution in [0.25, 0.3) is 0 Å². The molecule has 4 rings (SSSR count). The van der Waals surface area contributed by atoms with Crippen LogP contribution in [0.1, 0.15) is 65.2 Å². The molecule has 4 aliphatic rings. The largest absolute Gasteiger partial charge is 0.399 e. The molecule has 0 aromatic rings. The Morgan fingerprint density at radius 3 is 2.67 bits per heavy atom. The molecule has 0 aromatic heterocycles. The monoisotopic (exact) mass is 330 g/mol. The van der Waals surface area contributed by atoms with Crippen molar-refractivity contribution >= 4 is 17.2 Å². The number of hydrogen-bond donors (Lipinski definition) is 1. The molecule has 0 saturated heterocycles. The molecule has 3 unspecified atom stereocenters. The highest BCUT2D eigenvalue weighted by atomic mass is 16.6. The van der Waals surface area contributed by atoms with Crippen molar-refractivity contribution in [2.75, 3.05) is 7.11 Å². The molecule has 132 valence electrons. The number of Topliss-reactive ketones (excluding diaryl/α,β-unsaturated/α-hetero) is 1. The fourth-order valence-electron chi connectivity index (χ4n) is 6.88. The number of carbonyl (C=O) groups excluding carboxylic acids is 1. The third-order valence-electron chi connectivity index (χ3n) is 8.26. The Morgan fingerprint density at radius 2 is 1.92 bits per heavy atom. The average Bonchev–Trinajstić information content (AvgIpc) is 2.85. The molecule has 0 heterocycles. The third-order valence-corrected chi connectivity index (χ3v) is 8.26. The van der Waals surface area contributed by atoms with Gasteiger partial charge in [-0.15, -0.1) is 0 Å². The van der Waals surface area contributed by atoms with Crippen LogP contribution in [-0.2, 0) is 9.63 Å². The molecule has 0 spiro atoms. The van der Waals surface area contributed by atoms with Gasteiger partial charge in [0.05, 0.1) is 5.71 Å². The van der Waals surface area contributed by atoms with Crippen molar-refractivity contribution in [2.24, 2.45) is 39.7 Å². The van der Waals surface area contributed by atoms with Crippen molar-refractivity contribution in [3.05, 3.63) is 0 Å². The Morgan fingerprint density at radius 1 is 1.12 bits per heavy atom. The maximum atomic E-state index is 12.5. The molecule has 0 aromatic carbocycles. The van der Waals surface area contributed by atoms with E-state index in [9.17, 15) is 4.79 Å². The van der Waals surface area contributed by atoms with Gasteiger partial charge in [-0.05, 0) is 68.1 Å². The fraction of sp³-hybridized carbons (Fsp3) is 0.850. The van der Waals surface area contributed by atoms with Gasteiger partial charge in [0, 0.05) is 23.5 Å². The Bertz CT molecular complexity index is 613. The van der Waals surface area contributed by atoms with Gasteiger partial charge in [0.1, 0.15) is 12.9 Å². The van der Waals surface area contributed by atoms with E-state index in [-0.39, 0.29) is 10.8 Å². The van der Waals surface area contributed by atoms with Crippen molar-refractivity contribution in [1.82, 2.24) is 0 Å². The van der Waals surface area contributed by atoms with Crippen LogP contribution in [0.4, 0.5) is 0 Å². The summed E-state index contributed by atoms with van der Waals surface area (Å²) >= 11 is 0. The Balaban J connectivity index is 1.74. The number of rotatable bonds is 1. The summed E-state index contributed by atoms with van der Waals surface area (Å²) in [5, 5.41) is 12.6. The zero-order valence-corrected chi connectivity index (χ0v) is 15.2. The maximum absolute atomic E-state index is 12.5. The minimum Gasteiger partial charge on any atom is -0.399 e. The number of hydrogen-bond acceptors (Lipinski definition) is 4. The normalized spacial score (nSPS) is 49.5. The van der Waals surface area contributed by atoms with Crippen LogP contribution in [0.5, 0.6) is 0 Å². The minimum atomic E-state index is -0.0933. The van der Waals surface area contributed by atoms with Crippen molar-refractivity contribution in [2.45, 2.75) is 65.2 Å². The quantitative estimate of drug-likeness (QED) is 0.731. The highest BCUT2D eigenvalue weighted by molar-refractivity contribution is 5.95. The smallest absolute Gasteiger partial charge is 0.139 e. The van der Waals surface area contributed by atoms with E-state index in [0.717, 1.165) is 56.4 Å². The zero-order valence-electron chi connectivity index (χ0n) is 15.2. The van der Waals surface area contributed by atoms with Gasteiger partial charge in [0.15, 0.2) is 0 Å². The first-order valence-electron chi connectivity index (χ1n) is 9.59. The van der Waals surface area contributed by atoms with Gasteiger partial charge in [-0.3, -0.25) is 4.79 Å². The van der Waals surface area contributed by atoms with Crippen LogP contribution in [-0.4, -0.2) is 24.3 Å². The third kappa shape index (κ3) is 2.07. The van der Waals surface area contributed by atoms with Crippen LogP contribution < -0.4 is 0 Å². The molecule has 24 heavy (non-hydrogen) atoms. The van der Waals surface area contributed by atoms with Crippen LogP contribution in [0.2, 0.25) is 0 Å². The summed E-state index contributed by atoms with van der Waals surface area (Å²) in [6.45, 7) is 4.66. The number of nitrogens with zero attached hydrogens (tertiary/aromatic N) is 1. The topological polar surface area (TPSA) is 62.5 Å². The van der Waals surface area contributed by atoms with Gasteiger partial charge < -0.3 is 10.2 Å². The molecule has 4 nitrogen and oxygen atoms in total. The van der Waals surface area contributed by atoms with E-state index in [1.54, 1.807) is 7.11 Å². The number of nitrogens with one attached hydrogen (secondary N) is 1. The van der Waals surface area contributed by atoms with E-state index in [1.807, 2.05) is 0 Å². The van der Waals surface area contributed by atoms with Gasteiger partial charge in [-0.25, -0.2) is 0 Å². The first-order chi connectivity index (χ1) is 11.4. The molecule has 6 atom stereocenters. The average molecular weight is 330 g/mol. The molecule has 4 aliphatic carbocycles. The standard InChI is InChI=1S/C20H30N2O2/c1-19-8-6-12(21)10-16(19)17(22-24-3)11-13-14-4-5-18(23)20(14,2)9-7-15(13)19/h13-16,21H,4-11H2,1-3H3/b21-12?,22-17+/t13?,14?,15?,16-,19-,20+/m1/s1. The summed E-state index contributed by atoms with van der Waals surface area (Å²) in [7, 11) is 1.63. The van der Waals surface area contributed by atoms with E-state index >= 15 is 0 Å². The Kier molecular flexibility index (Phi) is 3.67. The lowest BCUT2D eigenvalue weighted by atomic mass is 9.45. The molecule has 0 radical (unpaired) electrons. The molecule has 4 fully saturated rings. The summed E-state index contributed by atoms with van der Waals surface area (Å²) in [6.07, 6.45) is 7.91. The maximum Gasteiger partial charge on any atom is 0.139 e. The molecular weight excluding hydrogens is 300 g/mol. The van der Waals surface area contributed by atoms with Gasteiger partial charge in [0.2, 0.25) is 0 Å². The highest BCUT2D eigenvalue weighted by Crippen LogP contribution is 2.64. The number of carbonyl (C=O) groups is 1. The summed E-state index contributed by atoms with van der Waals surface area (Å²) in [5.74, 6) is 2.62. The number of ketones is 1. The summed E-state index contributed by atoms with van der Waals surface area (Å²) in [5.41, 5.74) is 2.16. The SMILES string of the molecule is CO/N=C1\CC2C3CCC(=O)[C@@]3(C)CCC2[C@@]2(C)CCC(=N)C[C@H]12. The fourth-order valence-corrected chi connectivity index (χ4v) is 6.88. The predicted octanol–water partition coefficient (Wildman–Crippen LogP) is 4.23. The van der Waals surface area contributed by atoms with Crippen molar-refractivity contribution in [1.29, 1.82) is 5.41 Å². The van der Waals surface area contributed by atoms with Crippen molar-refractivity contribution in [3.63, 3.8) is 0 Å². The Hall–Kier alpha value is -1.19. The second-order valence-corrected chi connectivity index (χ2v) is 9.13. The number of oxime groups is 1. The minimum absolute atomic E-state index is 0.0933. The van der Waals surface area contributed by atoms with Crippen LogP contribution in [0, 0.1) is 39.9 Å². The molecule has 0 aliphatic heterocycles. The van der Waals surface area contributed by atoms with Crippen molar-refractivity contribution in [3.8, 4) is 0 Å². The van der Waals surface area contributed by atoms with Crippen LogP contribution in [0.15, 0.2) is 5.16 Å². The van der Waals surface area contributed by atoms with Gasteiger partial charge in [-0.1, -0.05) is 19.0 Å². The first-order valence-corrected chi connectivity index (χ1v) is 9.59. The summed E-state index contributed by atoms with van der Waals surface area (Å²) in [4.78, 5) is 17.7. The molecule has 0 bridgehead atoms. The van der Waals surface area contributed by atoms with Crippen LogP contribution in [0.3, 0.4) is 0 Å². The summed E-state index contributed by atoms with van der Waals surface area (Å²) < 4.78 is 0. The molecule has 4 heteroatoms. The van der Waals surface area contributed by atoms with E-state index in [2.05, 4.69) is 19.0 Å². The van der Waals surface area contributed by atoms with Gasteiger partial charge in [0.25, 0.3) is 0 Å².